The van der Waals surface area contributed by atoms with Gasteiger partial charge >= 0.3 is 0 Å². The van der Waals surface area contributed by atoms with E-state index in [1.807, 2.05) is 58.0 Å². The molecule has 0 bridgehead atoms. The fourth-order valence-electron chi connectivity index (χ4n) is 4.14. The van der Waals surface area contributed by atoms with Crippen molar-refractivity contribution in [1.29, 1.82) is 0 Å². The summed E-state index contributed by atoms with van der Waals surface area (Å²) in [4.78, 5) is 28.9. The lowest BCUT2D eigenvalue weighted by molar-refractivity contribution is -0.140. The van der Waals surface area contributed by atoms with Crippen molar-refractivity contribution in [2.75, 3.05) is 10.8 Å². The van der Waals surface area contributed by atoms with Crippen LogP contribution in [0.1, 0.15) is 44.7 Å². The second-order valence-corrected chi connectivity index (χ2v) is 12.3. The predicted octanol–water partition coefficient (Wildman–Crippen LogP) is 5.67. The topological polar surface area (TPSA) is 86.8 Å². The van der Waals surface area contributed by atoms with Gasteiger partial charge in [0, 0.05) is 17.1 Å². The van der Waals surface area contributed by atoms with E-state index in [0.717, 1.165) is 21.9 Å². The fourth-order valence-corrected chi connectivity index (χ4v) is 5.93. The van der Waals surface area contributed by atoms with Crippen molar-refractivity contribution >= 4 is 43.5 Å². The lowest BCUT2D eigenvalue weighted by Gasteiger charge is -2.33. The number of nitrogens with one attached hydrogen (secondary N) is 1. The Balaban J connectivity index is 2.04. The molecule has 0 heterocycles. The number of carbonyl (C=O) groups is 2. The van der Waals surface area contributed by atoms with E-state index in [-0.39, 0.29) is 23.4 Å². The maximum absolute atomic E-state index is 14.0. The van der Waals surface area contributed by atoms with Gasteiger partial charge in [-0.3, -0.25) is 13.9 Å². The van der Waals surface area contributed by atoms with Gasteiger partial charge < -0.3 is 10.2 Å². The molecule has 9 heteroatoms. The Morgan fingerprint density at radius 3 is 2.18 bits per heavy atom. The fraction of sp³-hybridized carbons (Fsp3) is 0.333. The number of hydrogen-bond acceptors (Lipinski definition) is 4. The van der Waals surface area contributed by atoms with Gasteiger partial charge in [0.2, 0.25) is 11.8 Å². The Bertz CT molecular complexity index is 1360. The number of hydrogen-bond donors (Lipinski definition) is 1. The molecular formula is C30H36BrN3O4S. The summed E-state index contributed by atoms with van der Waals surface area (Å²) >= 11 is 3.42. The van der Waals surface area contributed by atoms with E-state index in [0.29, 0.717) is 16.6 Å². The van der Waals surface area contributed by atoms with Crippen molar-refractivity contribution in [1.82, 2.24) is 10.2 Å². The molecular weight excluding hydrogens is 578 g/mol. The smallest absolute Gasteiger partial charge is 0.264 e. The number of benzene rings is 3. The number of sulfonamides is 1. The highest BCUT2D eigenvalue weighted by Gasteiger charge is 2.34. The lowest BCUT2D eigenvalue weighted by Crippen LogP contribution is -2.53. The van der Waals surface area contributed by atoms with Crippen LogP contribution in [0.25, 0.3) is 0 Å². The Hall–Kier alpha value is -3.17. The summed E-state index contributed by atoms with van der Waals surface area (Å²) in [6, 6.07) is 21.9. The summed E-state index contributed by atoms with van der Waals surface area (Å²) in [6.07, 6.45) is 1.13. The minimum Gasteiger partial charge on any atom is -0.352 e. The largest absolute Gasteiger partial charge is 0.352 e. The van der Waals surface area contributed by atoms with Crippen LogP contribution in [0.3, 0.4) is 0 Å². The van der Waals surface area contributed by atoms with Gasteiger partial charge in [0.05, 0.1) is 10.6 Å². The number of amides is 2. The molecule has 0 spiro atoms. The molecule has 208 valence electrons. The summed E-state index contributed by atoms with van der Waals surface area (Å²) in [5.74, 6) is -0.729. The molecule has 3 aromatic carbocycles. The van der Waals surface area contributed by atoms with Gasteiger partial charge in [-0.1, -0.05) is 83.9 Å². The minimum atomic E-state index is -4.10. The third kappa shape index (κ3) is 7.92. The number of halogens is 1. The van der Waals surface area contributed by atoms with Gasteiger partial charge in [-0.15, -0.1) is 0 Å². The van der Waals surface area contributed by atoms with Crippen molar-refractivity contribution in [2.24, 2.45) is 0 Å². The SMILES string of the molecule is CC[C@H](C(=O)N[C@@H](C)CC)N(Cc1ccccc1)C(=O)CN(c1cccc(Br)c1)S(=O)(=O)c1ccc(C)cc1. The molecule has 3 rings (SSSR count). The monoisotopic (exact) mass is 613 g/mol. The van der Waals surface area contributed by atoms with E-state index in [9.17, 15) is 18.0 Å². The average molecular weight is 615 g/mol. The first kappa shape index (κ1) is 30.4. The van der Waals surface area contributed by atoms with Crippen molar-refractivity contribution in [3.63, 3.8) is 0 Å². The van der Waals surface area contributed by atoms with Crippen LogP contribution in [-0.2, 0) is 26.2 Å². The highest BCUT2D eigenvalue weighted by atomic mass is 79.9. The van der Waals surface area contributed by atoms with Gasteiger partial charge in [0.1, 0.15) is 12.6 Å². The summed E-state index contributed by atoms with van der Waals surface area (Å²) in [7, 11) is -4.10. The zero-order valence-corrected chi connectivity index (χ0v) is 25.2. The Kier molecular flexibility index (Phi) is 10.7. The van der Waals surface area contributed by atoms with E-state index in [4.69, 9.17) is 0 Å². The molecule has 3 aromatic rings. The van der Waals surface area contributed by atoms with Gasteiger partial charge in [0.15, 0.2) is 0 Å². The van der Waals surface area contributed by atoms with Crippen LogP contribution in [0.2, 0.25) is 0 Å². The molecule has 1 N–H and O–H groups in total. The van der Waals surface area contributed by atoms with Crippen LogP contribution in [0.5, 0.6) is 0 Å². The molecule has 0 aliphatic carbocycles. The molecule has 0 unspecified atom stereocenters. The van der Waals surface area contributed by atoms with Crippen molar-refractivity contribution in [3.05, 3.63) is 94.5 Å². The maximum atomic E-state index is 14.0. The summed E-state index contributed by atoms with van der Waals surface area (Å²) in [5.41, 5.74) is 2.11. The summed E-state index contributed by atoms with van der Waals surface area (Å²) in [6.45, 7) is 7.32. The molecule has 0 radical (unpaired) electrons. The Morgan fingerprint density at radius 1 is 0.923 bits per heavy atom. The van der Waals surface area contributed by atoms with Crippen molar-refractivity contribution in [3.8, 4) is 0 Å². The van der Waals surface area contributed by atoms with E-state index < -0.39 is 28.5 Å². The molecule has 2 amide bonds. The first-order valence-corrected chi connectivity index (χ1v) is 15.3. The van der Waals surface area contributed by atoms with E-state index >= 15 is 0 Å². The third-order valence-corrected chi connectivity index (χ3v) is 8.85. The van der Waals surface area contributed by atoms with Crippen LogP contribution in [0.4, 0.5) is 5.69 Å². The van der Waals surface area contributed by atoms with E-state index in [2.05, 4.69) is 21.2 Å². The molecule has 0 aliphatic rings. The number of carbonyl (C=O) groups excluding carboxylic acids is 2. The average Bonchev–Trinajstić information content (AvgIpc) is 2.92. The number of rotatable bonds is 12. The number of anilines is 1. The van der Waals surface area contributed by atoms with Crippen LogP contribution in [-0.4, -0.2) is 43.8 Å². The van der Waals surface area contributed by atoms with Gasteiger partial charge in [-0.25, -0.2) is 8.42 Å². The standard InChI is InChI=1S/C30H36BrN3O4S/c1-5-23(4)32-30(36)28(6-2)33(20-24-11-8-7-9-12-24)29(35)21-34(26-14-10-13-25(31)19-26)39(37,38)27-17-15-22(3)16-18-27/h7-19,23,28H,5-6,20-21H2,1-4H3,(H,32,36)/t23-,28+/m0/s1. The second-order valence-electron chi connectivity index (χ2n) is 9.55. The molecule has 0 aliphatic heterocycles. The third-order valence-electron chi connectivity index (χ3n) is 6.57. The number of nitrogens with zero attached hydrogens (tertiary/aromatic N) is 2. The summed E-state index contributed by atoms with van der Waals surface area (Å²) in [5, 5.41) is 2.98. The molecule has 0 saturated carbocycles. The lowest BCUT2D eigenvalue weighted by atomic mass is 10.1. The first-order valence-electron chi connectivity index (χ1n) is 13.1. The van der Waals surface area contributed by atoms with Crippen LogP contribution in [0.15, 0.2) is 88.2 Å². The quantitative estimate of drug-likeness (QED) is 0.285. The van der Waals surface area contributed by atoms with Gasteiger partial charge in [0.25, 0.3) is 10.0 Å². The Morgan fingerprint density at radius 2 is 1.59 bits per heavy atom. The summed E-state index contributed by atoms with van der Waals surface area (Å²) < 4.78 is 29.6. The van der Waals surface area contributed by atoms with E-state index in [1.165, 1.54) is 17.0 Å². The second kappa shape index (κ2) is 13.8. The van der Waals surface area contributed by atoms with Gasteiger partial charge in [-0.05, 0) is 62.6 Å². The van der Waals surface area contributed by atoms with Crippen LogP contribution >= 0.6 is 15.9 Å². The van der Waals surface area contributed by atoms with Crippen LogP contribution in [0, 0.1) is 6.92 Å². The highest BCUT2D eigenvalue weighted by molar-refractivity contribution is 9.10. The normalized spacial score (nSPS) is 12.8. The van der Waals surface area contributed by atoms with Crippen LogP contribution < -0.4 is 9.62 Å². The molecule has 39 heavy (non-hydrogen) atoms. The number of aryl methyl sites for hydroxylation is 1. The predicted molar refractivity (Wildman–Crippen MR) is 159 cm³/mol. The molecule has 0 saturated heterocycles. The zero-order valence-electron chi connectivity index (χ0n) is 22.8. The van der Waals surface area contributed by atoms with Gasteiger partial charge in [-0.2, -0.15) is 0 Å². The zero-order chi connectivity index (χ0) is 28.6. The Labute approximate surface area is 240 Å². The first-order chi connectivity index (χ1) is 18.6. The van der Waals surface area contributed by atoms with Crippen molar-refractivity contribution in [2.45, 2.75) is 64.1 Å². The minimum absolute atomic E-state index is 0.0553. The maximum Gasteiger partial charge on any atom is 0.264 e. The molecule has 0 aromatic heterocycles. The molecule has 7 nitrogen and oxygen atoms in total. The van der Waals surface area contributed by atoms with Crippen molar-refractivity contribution < 1.29 is 18.0 Å². The molecule has 0 fully saturated rings. The molecule has 2 atom stereocenters. The van der Waals surface area contributed by atoms with E-state index in [1.54, 1.807) is 36.4 Å². The highest BCUT2D eigenvalue weighted by Crippen LogP contribution is 2.27.